The molecule has 2 aromatic heterocycles. The summed E-state index contributed by atoms with van der Waals surface area (Å²) in [6.45, 7) is 7.16. The van der Waals surface area contributed by atoms with E-state index in [1.54, 1.807) is 6.20 Å². The number of aliphatic hydroxyl groups is 1. The molecule has 7 nitrogen and oxygen atoms in total. The van der Waals surface area contributed by atoms with Crippen LogP contribution >= 0.6 is 0 Å². The summed E-state index contributed by atoms with van der Waals surface area (Å²) in [5, 5.41) is 9.37. The van der Waals surface area contributed by atoms with Gasteiger partial charge >= 0.3 is 0 Å². The fourth-order valence-electron chi connectivity index (χ4n) is 4.35. The summed E-state index contributed by atoms with van der Waals surface area (Å²) in [4.78, 5) is 30.1. The molecule has 28 heavy (non-hydrogen) atoms. The van der Waals surface area contributed by atoms with E-state index in [4.69, 9.17) is 0 Å². The summed E-state index contributed by atoms with van der Waals surface area (Å²) in [6, 6.07) is 5.91. The first-order valence-corrected chi connectivity index (χ1v) is 9.86. The maximum Gasteiger partial charge on any atom is 0.227 e. The molecule has 1 spiro atoms. The van der Waals surface area contributed by atoms with Crippen molar-refractivity contribution in [3.63, 3.8) is 0 Å². The van der Waals surface area contributed by atoms with Crippen molar-refractivity contribution in [2.45, 2.75) is 39.7 Å². The highest BCUT2D eigenvalue weighted by atomic mass is 16.3. The minimum absolute atomic E-state index is 0.138. The van der Waals surface area contributed by atoms with Crippen LogP contribution in [-0.4, -0.2) is 57.0 Å². The van der Waals surface area contributed by atoms with Crippen molar-refractivity contribution in [2.75, 3.05) is 31.1 Å². The Morgan fingerprint density at radius 2 is 1.96 bits per heavy atom. The molecule has 1 atom stereocenters. The second kappa shape index (κ2) is 7.47. The first kappa shape index (κ1) is 18.8. The van der Waals surface area contributed by atoms with Crippen molar-refractivity contribution >= 4 is 11.7 Å². The maximum atomic E-state index is 12.8. The van der Waals surface area contributed by atoms with Gasteiger partial charge in [-0.2, -0.15) is 0 Å². The van der Waals surface area contributed by atoms with Crippen molar-refractivity contribution in [1.29, 1.82) is 0 Å². The maximum absolute atomic E-state index is 12.8. The molecule has 148 valence electrons. The van der Waals surface area contributed by atoms with E-state index in [2.05, 4.69) is 19.9 Å². The van der Waals surface area contributed by atoms with Gasteiger partial charge in [0.05, 0.1) is 6.42 Å². The molecule has 0 bridgehead atoms. The fraction of sp³-hybridized carbons (Fsp3) is 0.524. The third-order valence-electron chi connectivity index (χ3n) is 5.91. The second-order valence-electron chi connectivity index (χ2n) is 8.16. The summed E-state index contributed by atoms with van der Waals surface area (Å²) < 4.78 is 0. The van der Waals surface area contributed by atoms with Gasteiger partial charge in [-0.1, -0.05) is 6.07 Å². The van der Waals surface area contributed by atoms with Gasteiger partial charge in [0.1, 0.15) is 12.4 Å². The molecule has 4 rings (SSSR count). The normalized spacial score (nSPS) is 21.7. The highest BCUT2D eigenvalue weighted by Crippen LogP contribution is 2.41. The smallest absolute Gasteiger partial charge is 0.227 e. The summed E-state index contributed by atoms with van der Waals surface area (Å²) in [6.07, 6.45) is 4.29. The quantitative estimate of drug-likeness (QED) is 0.867. The molecule has 0 aromatic carbocycles. The lowest BCUT2D eigenvalue weighted by Gasteiger charge is -2.25. The number of carbonyl (C=O) groups is 1. The average molecular weight is 381 g/mol. The van der Waals surface area contributed by atoms with Crippen LogP contribution in [-0.2, 0) is 17.8 Å². The number of nitrogens with zero attached hydrogens (tertiary/aromatic N) is 5. The molecule has 2 fully saturated rings. The highest BCUT2D eigenvalue weighted by Gasteiger charge is 2.45. The molecule has 0 radical (unpaired) electrons. The predicted octanol–water partition coefficient (Wildman–Crippen LogP) is 1.65. The van der Waals surface area contributed by atoms with Crippen molar-refractivity contribution in [3.05, 3.63) is 47.2 Å². The Morgan fingerprint density at radius 3 is 2.71 bits per heavy atom. The number of hydrogen-bond acceptors (Lipinski definition) is 6. The van der Waals surface area contributed by atoms with Crippen LogP contribution in [0.15, 0.2) is 24.4 Å². The monoisotopic (exact) mass is 381 g/mol. The number of pyridine rings is 1. The van der Waals surface area contributed by atoms with E-state index in [-0.39, 0.29) is 17.9 Å². The van der Waals surface area contributed by atoms with E-state index < -0.39 is 0 Å². The van der Waals surface area contributed by atoms with Gasteiger partial charge in [-0.25, -0.2) is 9.97 Å². The number of rotatable bonds is 4. The van der Waals surface area contributed by atoms with E-state index in [1.807, 2.05) is 36.9 Å². The third-order valence-corrected chi connectivity index (χ3v) is 5.91. The largest absolute Gasteiger partial charge is 0.388 e. The second-order valence-corrected chi connectivity index (χ2v) is 8.16. The Morgan fingerprint density at radius 1 is 1.14 bits per heavy atom. The number of anilines is 1. The standard InChI is InChI=1S/C21H27N5O2/c1-15-3-4-17(11-22-15)10-20(28)26-8-6-21(14-26)5-7-25(13-21)19-9-16(2)23-18(12-27)24-19/h3-4,9,11,27H,5-8,10,12-14H2,1-2H3. The minimum atomic E-state index is -0.149. The van der Waals surface area contributed by atoms with Crippen LogP contribution in [0.4, 0.5) is 5.82 Å². The Balaban J connectivity index is 1.40. The van der Waals surface area contributed by atoms with E-state index >= 15 is 0 Å². The molecule has 1 amide bonds. The number of amides is 1. The molecule has 2 aromatic rings. The van der Waals surface area contributed by atoms with Gasteiger partial charge in [-0.15, -0.1) is 0 Å². The molecule has 4 heterocycles. The van der Waals surface area contributed by atoms with Gasteiger partial charge in [-0.05, 0) is 38.3 Å². The number of hydrogen-bond donors (Lipinski definition) is 1. The van der Waals surface area contributed by atoms with Crippen LogP contribution in [0.1, 0.15) is 35.6 Å². The Bertz CT molecular complexity index is 870. The Labute approximate surface area is 165 Å². The zero-order valence-electron chi connectivity index (χ0n) is 16.6. The zero-order chi connectivity index (χ0) is 19.7. The molecule has 7 heteroatoms. The molecule has 1 N–H and O–H groups in total. The topological polar surface area (TPSA) is 82.5 Å². The number of aliphatic hydroxyl groups excluding tert-OH is 1. The molecule has 2 aliphatic rings. The van der Waals surface area contributed by atoms with Gasteiger partial charge < -0.3 is 14.9 Å². The predicted molar refractivity (Wildman–Crippen MR) is 106 cm³/mol. The van der Waals surface area contributed by atoms with E-state index in [9.17, 15) is 9.90 Å². The molecule has 1 unspecified atom stereocenters. The molecule has 0 saturated carbocycles. The first-order valence-electron chi connectivity index (χ1n) is 9.86. The minimum Gasteiger partial charge on any atom is -0.388 e. The molecule has 2 saturated heterocycles. The number of aromatic nitrogens is 3. The van der Waals surface area contributed by atoms with E-state index in [1.165, 1.54) is 0 Å². The van der Waals surface area contributed by atoms with E-state index in [0.717, 1.165) is 61.8 Å². The van der Waals surface area contributed by atoms with Crippen molar-refractivity contribution < 1.29 is 9.90 Å². The van der Waals surface area contributed by atoms with Crippen LogP contribution in [0.5, 0.6) is 0 Å². The van der Waals surface area contributed by atoms with Crippen molar-refractivity contribution in [3.8, 4) is 0 Å². The highest BCUT2D eigenvalue weighted by molar-refractivity contribution is 5.79. The van der Waals surface area contributed by atoms with Crippen LogP contribution in [0.3, 0.4) is 0 Å². The van der Waals surface area contributed by atoms with Crippen LogP contribution in [0.2, 0.25) is 0 Å². The number of likely N-dealkylation sites (tertiary alicyclic amines) is 1. The average Bonchev–Trinajstić information content (AvgIpc) is 3.30. The van der Waals surface area contributed by atoms with E-state index in [0.29, 0.717) is 12.2 Å². The van der Waals surface area contributed by atoms with Gasteiger partial charge in [0.25, 0.3) is 0 Å². The van der Waals surface area contributed by atoms with Gasteiger partial charge in [0.2, 0.25) is 5.91 Å². The molecular formula is C21H27N5O2. The van der Waals surface area contributed by atoms with Crippen LogP contribution in [0.25, 0.3) is 0 Å². The number of carbonyl (C=O) groups excluding carboxylic acids is 1. The van der Waals surface area contributed by atoms with Crippen LogP contribution in [0, 0.1) is 19.3 Å². The summed E-state index contributed by atoms with van der Waals surface area (Å²) >= 11 is 0. The van der Waals surface area contributed by atoms with Crippen molar-refractivity contribution in [2.24, 2.45) is 5.41 Å². The van der Waals surface area contributed by atoms with Crippen molar-refractivity contribution in [1.82, 2.24) is 19.9 Å². The Kier molecular flexibility index (Phi) is 5.02. The molecular weight excluding hydrogens is 354 g/mol. The summed E-state index contributed by atoms with van der Waals surface area (Å²) in [5.74, 6) is 1.52. The van der Waals surface area contributed by atoms with Gasteiger partial charge in [0, 0.05) is 55.2 Å². The third kappa shape index (κ3) is 3.85. The summed E-state index contributed by atoms with van der Waals surface area (Å²) in [5.41, 5.74) is 2.94. The molecule has 2 aliphatic heterocycles. The summed E-state index contributed by atoms with van der Waals surface area (Å²) in [7, 11) is 0. The Hall–Kier alpha value is -2.54. The lowest BCUT2D eigenvalue weighted by atomic mass is 9.86. The van der Waals surface area contributed by atoms with Crippen LogP contribution < -0.4 is 4.90 Å². The van der Waals surface area contributed by atoms with Gasteiger partial charge in [-0.3, -0.25) is 9.78 Å². The first-order chi connectivity index (χ1) is 13.5. The van der Waals surface area contributed by atoms with Gasteiger partial charge in [0.15, 0.2) is 5.82 Å². The molecule has 0 aliphatic carbocycles. The SMILES string of the molecule is Cc1ccc(CC(=O)N2CCC3(CCN(c4cc(C)nc(CO)n4)C3)C2)cn1. The fourth-order valence-corrected chi connectivity index (χ4v) is 4.35. The lowest BCUT2D eigenvalue weighted by molar-refractivity contribution is -0.129. The zero-order valence-corrected chi connectivity index (χ0v) is 16.6. The lowest BCUT2D eigenvalue weighted by Crippen LogP contribution is -2.35. The number of aryl methyl sites for hydroxylation is 2.